The molecule has 4 heterocycles. The lowest BCUT2D eigenvalue weighted by Gasteiger charge is -2.33. The van der Waals surface area contributed by atoms with Crippen molar-refractivity contribution in [2.45, 2.75) is 69.9 Å². The number of hydrogen-bond acceptors (Lipinski definition) is 4. The van der Waals surface area contributed by atoms with Crippen molar-refractivity contribution in [2.24, 2.45) is 5.92 Å². The molecular formula is C22H35N5O. The van der Waals surface area contributed by atoms with Crippen molar-refractivity contribution >= 4 is 5.91 Å². The maximum absolute atomic E-state index is 13.2. The topological polar surface area (TPSA) is 53.4 Å². The van der Waals surface area contributed by atoms with Crippen molar-refractivity contribution < 1.29 is 4.79 Å². The highest BCUT2D eigenvalue weighted by Gasteiger charge is 2.36. The molecule has 1 aromatic rings. The number of fused-ring (bicyclic) bond motifs is 1. The molecule has 6 nitrogen and oxygen atoms in total. The SMILES string of the molecule is O=C(C1CCn2c(cnc2C2CCCCC2)C1)N1CCC(N2CCNCC2)C1. The third-order valence-electron chi connectivity index (χ3n) is 7.59. The molecule has 28 heavy (non-hydrogen) atoms. The van der Waals surface area contributed by atoms with E-state index >= 15 is 0 Å². The van der Waals surface area contributed by atoms with E-state index in [2.05, 4.69) is 25.9 Å². The fourth-order valence-electron chi connectivity index (χ4n) is 5.93. The molecule has 0 radical (unpaired) electrons. The zero-order chi connectivity index (χ0) is 18.9. The van der Waals surface area contributed by atoms with Gasteiger partial charge in [0.05, 0.1) is 0 Å². The average Bonchev–Trinajstić information content (AvgIpc) is 3.41. The standard InChI is InChI=1S/C22H35N5O/c28-22(26-10-7-19(16-26)25-12-8-23-9-13-25)18-6-11-27-20(14-18)15-24-21(27)17-4-2-1-3-5-17/h15,17-19,23H,1-14,16H2. The second kappa shape index (κ2) is 8.15. The van der Waals surface area contributed by atoms with E-state index in [9.17, 15) is 4.79 Å². The van der Waals surface area contributed by atoms with Gasteiger partial charge in [0.1, 0.15) is 5.82 Å². The minimum absolute atomic E-state index is 0.158. The van der Waals surface area contributed by atoms with Crippen LogP contribution in [0.2, 0.25) is 0 Å². The van der Waals surface area contributed by atoms with E-state index in [0.717, 1.165) is 65.1 Å². The van der Waals surface area contributed by atoms with Gasteiger partial charge in [0.2, 0.25) is 5.91 Å². The van der Waals surface area contributed by atoms with Crippen LogP contribution in [0.1, 0.15) is 62.4 Å². The predicted molar refractivity (Wildman–Crippen MR) is 109 cm³/mol. The van der Waals surface area contributed by atoms with Gasteiger partial charge in [-0.3, -0.25) is 9.69 Å². The van der Waals surface area contributed by atoms with Gasteiger partial charge in [-0.2, -0.15) is 0 Å². The Morgan fingerprint density at radius 1 is 1.00 bits per heavy atom. The number of piperazine rings is 1. The van der Waals surface area contributed by atoms with Crippen LogP contribution >= 0.6 is 0 Å². The number of nitrogens with zero attached hydrogens (tertiary/aromatic N) is 4. The van der Waals surface area contributed by atoms with E-state index in [1.807, 2.05) is 0 Å². The molecule has 2 atom stereocenters. The predicted octanol–water partition coefficient (Wildman–Crippen LogP) is 2.00. The summed E-state index contributed by atoms with van der Waals surface area (Å²) in [5, 5.41) is 3.43. The fraction of sp³-hybridized carbons (Fsp3) is 0.818. The normalized spacial score (nSPS) is 29.8. The monoisotopic (exact) mass is 385 g/mol. The molecule has 154 valence electrons. The lowest BCUT2D eigenvalue weighted by molar-refractivity contribution is -0.135. The second-order valence-electron chi connectivity index (χ2n) is 9.30. The van der Waals surface area contributed by atoms with Gasteiger partial charge in [-0.05, 0) is 25.7 Å². The number of nitrogens with one attached hydrogen (secondary N) is 1. The van der Waals surface area contributed by atoms with Crippen molar-refractivity contribution in [3.05, 3.63) is 17.7 Å². The van der Waals surface area contributed by atoms with Crippen molar-refractivity contribution in [1.29, 1.82) is 0 Å². The van der Waals surface area contributed by atoms with E-state index in [0.29, 0.717) is 17.9 Å². The van der Waals surface area contributed by atoms with Gasteiger partial charge in [0, 0.05) is 82.0 Å². The Morgan fingerprint density at radius 2 is 1.82 bits per heavy atom. The molecule has 4 aliphatic rings. The van der Waals surface area contributed by atoms with Crippen LogP contribution in [0.4, 0.5) is 0 Å². The minimum Gasteiger partial charge on any atom is -0.341 e. The highest BCUT2D eigenvalue weighted by molar-refractivity contribution is 5.79. The van der Waals surface area contributed by atoms with E-state index in [-0.39, 0.29) is 5.92 Å². The largest absolute Gasteiger partial charge is 0.341 e. The Balaban J connectivity index is 1.20. The molecule has 1 N–H and O–H groups in total. The first-order valence-electron chi connectivity index (χ1n) is 11.6. The zero-order valence-corrected chi connectivity index (χ0v) is 17.1. The van der Waals surface area contributed by atoms with Crippen LogP contribution < -0.4 is 5.32 Å². The van der Waals surface area contributed by atoms with Gasteiger partial charge in [0.25, 0.3) is 0 Å². The summed E-state index contributed by atoms with van der Waals surface area (Å²) in [6.45, 7) is 7.27. The molecule has 5 rings (SSSR count). The Morgan fingerprint density at radius 3 is 2.64 bits per heavy atom. The van der Waals surface area contributed by atoms with E-state index in [1.54, 1.807) is 0 Å². The minimum atomic E-state index is 0.158. The number of carbonyl (C=O) groups is 1. The van der Waals surface area contributed by atoms with Crippen LogP contribution in [0.15, 0.2) is 6.20 Å². The molecule has 3 aliphatic heterocycles. The molecule has 2 unspecified atom stereocenters. The van der Waals surface area contributed by atoms with E-state index < -0.39 is 0 Å². The summed E-state index contributed by atoms with van der Waals surface area (Å²) in [5.41, 5.74) is 1.29. The Kier molecular flexibility index (Phi) is 5.42. The molecule has 3 fully saturated rings. The summed E-state index contributed by atoms with van der Waals surface area (Å²) in [5.74, 6) is 2.50. The van der Waals surface area contributed by atoms with Crippen molar-refractivity contribution in [3.8, 4) is 0 Å². The fourth-order valence-corrected chi connectivity index (χ4v) is 5.93. The quantitative estimate of drug-likeness (QED) is 0.865. The molecule has 6 heteroatoms. The molecule has 1 saturated carbocycles. The Labute approximate surface area is 168 Å². The number of aromatic nitrogens is 2. The van der Waals surface area contributed by atoms with Crippen LogP contribution in [0, 0.1) is 5.92 Å². The molecule has 0 aromatic carbocycles. The molecule has 1 aliphatic carbocycles. The first-order valence-corrected chi connectivity index (χ1v) is 11.6. The summed E-state index contributed by atoms with van der Waals surface area (Å²) in [4.78, 5) is 22.8. The first-order chi connectivity index (χ1) is 13.8. The highest BCUT2D eigenvalue weighted by atomic mass is 16.2. The van der Waals surface area contributed by atoms with Gasteiger partial charge >= 0.3 is 0 Å². The van der Waals surface area contributed by atoms with Crippen LogP contribution in [0.3, 0.4) is 0 Å². The van der Waals surface area contributed by atoms with Gasteiger partial charge in [-0.25, -0.2) is 4.98 Å². The van der Waals surface area contributed by atoms with Crippen molar-refractivity contribution in [1.82, 2.24) is 24.7 Å². The van der Waals surface area contributed by atoms with Gasteiger partial charge in [-0.15, -0.1) is 0 Å². The van der Waals surface area contributed by atoms with Crippen LogP contribution in [0.5, 0.6) is 0 Å². The molecule has 0 bridgehead atoms. The van der Waals surface area contributed by atoms with E-state index in [4.69, 9.17) is 4.98 Å². The zero-order valence-electron chi connectivity index (χ0n) is 17.1. The highest BCUT2D eigenvalue weighted by Crippen LogP contribution is 2.35. The van der Waals surface area contributed by atoms with Crippen molar-refractivity contribution in [3.63, 3.8) is 0 Å². The third-order valence-corrected chi connectivity index (χ3v) is 7.59. The third kappa shape index (κ3) is 3.61. The second-order valence-corrected chi connectivity index (χ2v) is 9.30. The summed E-state index contributed by atoms with van der Waals surface area (Å²) in [7, 11) is 0. The Hall–Kier alpha value is -1.40. The summed E-state index contributed by atoms with van der Waals surface area (Å²) in [6, 6.07) is 0.568. The lowest BCUT2D eigenvalue weighted by atomic mass is 9.88. The summed E-state index contributed by atoms with van der Waals surface area (Å²) < 4.78 is 2.45. The molecule has 2 saturated heterocycles. The number of hydrogen-bond donors (Lipinski definition) is 1. The van der Waals surface area contributed by atoms with Gasteiger partial charge in [-0.1, -0.05) is 19.3 Å². The van der Waals surface area contributed by atoms with E-state index in [1.165, 1.54) is 43.6 Å². The van der Waals surface area contributed by atoms with Gasteiger partial charge < -0.3 is 14.8 Å². The van der Waals surface area contributed by atoms with Crippen LogP contribution in [-0.2, 0) is 17.8 Å². The van der Waals surface area contributed by atoms with Gasteiger partial charge in [0.15, 0.2) is 0 Å². The maximum Gasteiger partial charge on any atom is 0.226 e. The summed E-state index contributed by atoms with van der Waals surface area (Å²) in [6.07, 6.45) is 11.7. The van der Waals surface area contributed by atoms with Crippen LogP contribution in [-0.4, -0.2) is 70.6 Å². The Bertz CT molecular complexity index is 689. The molecule has 0 spiro atoms. The smallest absolute Gasteiger partial charge is 0.226 e. The first kappa shape index (κ1) is 18.6. The molecular weight excluding hydrogens is 350 g/mol. The van der Waals surface area contributed by atoms with Crippen molar-refractivity contribution in [2.75, 3.05) is 39.3 Å². The lowest BCUT2D eigenvalue weighted by Crippen LogP contribution is -2.49. The number of rotatable bonds is 3. The summed E-state index contributed by atoms with van der Waals surface area (Å²) >= 11 is 0. The number of likely N-dealkylation sites (tertiary alicyclic amines) is 1. The molecule has 1 aromatic heterocycles. The molecule has 1 amide bonds. The number of imidazole rings is 1. The van der Waals surface area contributed by atoms with Crippen LogP contribution in [0.25, 0.3) is 0 Å². The number of carbonyl (C=O) groups excluding carboxylic acids is 1. The average molecular weight is 386 g/mol. The maximum atomic E-state index is 13.2. The number of amides is 1.